The summed E-state index contributed by atoms with van der Waals surface area (Å²) >= 11 is 0. The minimum absolute atomic E-state index is 0.0207. The Morgan fingerprint density at radius 3 is 2.03 bits per heavy atom. The number of amides is 4. The van der Waals surface area contributed by atoms with Crippen molar-refractivity contribution in [1.82, 2.24) is 16.0 Å². The zero-order valence-corrected chi connectivity index (χ0v) is 16.7. The van der Waals surface area contributed by atoms with E-state index in [0.717, 1.165) is 31.2 Å². The van der Waals surface area contributed by atoms with Crippen molar-refractivity contribution >= 4 is 17.8 Å². The van der Waals surface area contributed by atoms with Gasteiger partial charge < -0.3 is 21.7 Å². The van der Waals surface area contributed by atoms with Gasteiger partial charge in [0.1, 0.15) is 0 Å². The van der Waals surface area contributed by atoms with Crippen LogP contribution in [0.1, 0.15) is 52.0 Å². The first-order chi connectivity index (χ1) is 14.4. The first-order valence-electron chi connectivity index (χ1n) is 10.2. The maximum atomic E-state index is 12.2. The molecule has 156 valence electrons. The van der Waals surface area contributed by atoms with E-state index in [2.05, 4.69) is 16.0 Å². The normalized spacial score (nSPS) is 24.3. The Morgan fingerprint density at radius 2 is 1.43 bits per heavy atom. The van der Waals surface area contributed by atoms with Crippen LogP contribution in [-0.4, -0.2) is 29.9 Å². The number of primary amides is 1. The number of hydrogen-bond donors (Lipinski definition) is 4. The molecule has 0 saturated heterocycles. The van der Waals surface area contributed by atoms with Crippen LogP contribution < -0.4 is 21.7 Å². The summed E-state index contributed by atoms with van der Waals surface area (Å²) < 4.78 is 0. The van der Waals surface area contributed by atoms with Crippen LogP contribution in [0.3, 0.4) is 0 Å². The lowest BCUT2D eigenvalue weighted by Gasteiger charge is -2.57. The maximum Gasteiger partial charge on any atom is 0.315 e. The predicted octanol–water partition coefficient (Wildman–Crippen LogP) is 2.33. The van der Waals surface area contributed by atoms with E-state index in [0.29, 0.717) is 17.7 Å². The zero-order valence-electron chi connectivity index (χ0n) is 16.7. The molecule has 4 amide bonds. The molecule has 0 aliphatic heterocycles. The molecule has 1 spiro atoms. The number of carbonyl (C=O) groups excluding carboxylic acids is 3. The van der Waals surface area contributed by atoms with E-state index < -0.39 is 5.91 Å². The number of nitrogens with one attached hydrogen (secondary N) is 3. The summed E-state index contributed by atoms with van der Waals surface area (Å²) in [5.74, 6) is -0.489. The largest absolute Gasteiger partial charge is 0.366 e. The first-order valence-corrected chi connectivity index (χ1v) is 10.2. The van der Waals surface area contributed by atoms with Crippen molar-refractivity contribution in [3.8, 4) is 0 Å². The lowest BCUT2D eigenvalue weighted by Crippen LogP contribution is -2.61. The van der Waals surface area contributed by atoms with Gasteiger partial charge >= 0.3 is 6.03 Å². The Labute approximate surface area is 175 Å². The third kappa shape index (κ3) is 4.45. The second-order valence-corrected chi connectivity index (χ2v) is 8.44. The molecule has 4 rings (SSSR count). The molecule has 0 heterocycles. The van der Waals surface area contributed by atoms with Gasteiger partial charge in [0.05, 0.1) is 0 Å². The minimum Gasteiger partial charge on any atom is -0.366 e. The molecular weight excluding hydrogens is 380 g/mol. The molecule has 7 nitrogen and oxygen atoms in total. The quantitative estimate of drug-likeness (QED) is 0.590. The molecule has 30 heavy (non-hydrogen) atoms. The first kappa shape index (κ1) is 19.9. The van der Waals surface area contributed by atoms with Gasteiger partial charge in [-0.05, 0) is 60.9 Å². The Balaban J connectivity index is 1.14. The molecule has 2 aliphatic carbocycles. The molecule has 0 aromatic heterocycles. The van der Waals surface area contributed by atoms with Gasteiger partial charge in [0.25, 0.3) is 5.91 Å². The third-order valence-electron chi connectivity index (χ3n) is 6.12. The maximum absolute atomic E-state index is 12.2. The molecule has 2 aromatic carbocycles. The molecule has 0 bridgehead atoms. The van der Waals surface area contributed by atoms with Crippen LogP contribution in [0.25, 0.3) is 0 Å². The molecule has 2 aliphatic rings. The highest BCUT2D eigenvalue weighted by Gasteiger charge is 2.53. The van der Waals surface area contributed by atoms with E-state index >= 15 is 0 Å². The fraction of sp³-hybridized carbons (Fsp3) is 0.348. The Kier molecular flexibility index (Phi) is 5.44. The average Bonchev–Trinajstić information content (AvgIpc) is 2.70. The number of urea groups is 1. The molecule has 2 fully saturated rings. The molecular formula is C23H26N4O3. The molecule has 0 atom stereocenters. The van der Waals surface area contributed by atoms with E-state index in [9.17, 15) is 14.4 Å². The molecule has 2 saturated carbocycles. The van der Waals surface area contributed by atoms with Gasteiger partial charge in [-0.1, -0.05) is 30.3 Å². The molecule has 2 aromatic rings. The van der Waals surface area contributed by atoms with Crippen molar-refractivity contribution in [3.05, 3.63) is 71.3 Å². The van der Waals surface area contributed by atoms with E-state index in [-0.39, 0.29) is 29.4 Å². The van der Waals surface area contributed by atoms with Gasteiger partial charge in [-0.15, -0.1) is 0 Å². The minimum atomic E-state index is -0.468. The van der Waals surface area contributed by atoms with E-state index in [1.54, 1.807) is 24.3 Å². The number of nitrogens with two attached hydrogens (primary N) is 1. The van der Waals surface area contributed by atoms with Crippen LogP contribution in [0.5, 0.6) is 0 Å². The Hall–Kier alpha value is -3.35. The smallest absolute Gasteiger partial charge is 0.315 e. The van der Waals surface area contributed by atoms with Crippen molar-refractivity contribution in [1.29, 1.82) is 0 Å². The Morgan fingerprint density at radius 1 is 0.833 bits per heavy atom. The lowest BCUT2D eigenvalue weighted by atomic mass is 9.52. The molecule has 0 radical (unpaired) electrons. The topological polar surface area (TPSA) is 113 Å². The van der Waals surface area contributed by atoms with Crippen molar-refractivity contribution < 1.29 is 14.4 Å². The van der Waals surface area contributed by atoms with Crippen molar-refractivity contribution in [3.63, 3.8) is 0 Å². The fourth-order valence-corrected chi connectivity index (χ4v) is 4.57. The number of hydrogen-bond acceptors (Lipinski definition) is 3. The van der Waals surface area contributed by atoms with Crippen LogP contribution in [0.15, 0.2) is 54.6 Å². The fourth-order valence-electron chi connectivity index (χ4n) is 4.57. The van der Waals surface area contributed by atoms with E-state index in [1.165, 1.54) is 0 Å². The summed E-state index contributed by atoms with van der Waals surface area (Å²) in [5.41, 5.74) is 7.51. The molecule has 7 heteroatoms. The van der Waals surface area contributed by atoms with Crippen LogP contribution in [0.2, 0.25) is 0 Å². The van der Waals surface area contributed by atoms with Gasteiger partial charge in [-0.25, -0.2) is 4.79 Å². The van der Waals surface area contributed by atoms with Gasteiger partial charge in [0, 0.05) is 29.8 Å². The van der Waals surface area contributed by atoms with Crippen molar-refractivity contribution in [2.75, 3.05) is 0 Å². The highest BCUT2D eigenvalue weighted by atomic mass is 16.2. The highest BCUT2D eigenvalue weighted by molar-refractivity contribution is 5.94. The standard InChI is InChI=1S/C23H26N4O3/c24-20(28)16-8-6-15(7-9-16)14-25-22(30)27-19-12-23(13-19)10-18(11-23)26-21(29)17-4-2-1-3-5-17/h1-9,18-19H,10-14H2,(H2,24,28)(H,26,29)(H2,25,27,30). The van der Waals surface area contributed by atoms with Crippen LogP contribution in [-0.2, 0) is 6.54 Å². The number of benzene rings is 2. The van der Waals surface area contributed by atoms with Crippen LogP contribution in [0.4, 0.5) is 4.79 Å². The second kappa shape index (κ2) is 8.18. The van der Waals surface area contributed by atoms with Crippen LogP contribution >= 0.6 is 0 Å². The number of rotatable bonds is 6. The summed E-state index contributed by atoms with van der Waals surface area (Å²) in [6.45, 7) is 0.385. The number of carbonyl (C=O) groups is 3. The van der Waals surface area contributed by atoms with Crippen molar-refractivity contribution in [2.24, 2.45) is 11.1 Å². The second-order valence-electron chi connectivity index (χ2n) is 8.44. The summed E-state index contributed by atoms with van der Waals surface area (Å²) in [4.78, 5) is 35.4. The van der Waals surface area contributed by atoms with Gasteiger partial charge in [-0.3, -0.25) is 9.59 Å². The van der Waals surface area contributed by atoms with E-state index in [1.807, 2.05) is 30.3 Å². The third-order valence-corrected chi connectivity index (χ3v) is 6.12. The summed E-state index contributed by atoms with van der Waals surface area (Å²) in [6, 6.07) is 16.3. The molecule has 0 unspecified atom stereocenters. The zero-order chi connectivity index (χ0) is 21.1. The monoisotopic (exact) mass is 406 g/mol. The van der Waals surface area contributed by atoms with E-state index in [4.69, 9.17) is 5.73 Å². The molecule has 5 N–H and O–H groups in total. The SMILES string of the molecule is NC(=O)c1ccc(CNC(=O)NC2CC3(C2)CC(NC(=O)c2ccccc2)C3)cc1. The average molecular weight is 406 g/mol. The summed E-state index contributed by atoms with van der Waals surface area (Å²) in [7, 11) is 0. The summed E-state index contributed by atoms with van der Waals surface area (Å²) in [5, 5.41) is 8.94. The predicted molar refractivity (Wildman–Crippen MR) is 113 cm³/mol. The summed E-state index contributed by atoms with van der Waals surface area (Å²) in [6.07, 6.45) is 3.84. The van der Waals surface area contributed by atoms with Crippen molar-refractivity contribution in [2.45, 2.75) is 44.3 Å². The Bertz CT molecular complexity index is 929. The van der Waals surface area contributed by atoms with Gasteiger partial charge in [-0.2, -0.15) is 0 Å². The van der Waals surface area contributed by atoms with Gasteiger partial charge in [0.15, 0.2) is 0 Å². The van der Waals surface area contributed by atoms with Crippen LogP contribution in [0, 0.1) is 5.41 Å². The highest BCUT2D eigenvalue weighted by Crippen LogP contribution is 2.55. The lowest BCUT2D eigenvalue weighted by molar-refractivity contribution is -0.0236. The van der Waals surface area contributed by atoms with Gasteiger partial charge in [0.2, 0.25) is 5.91 Å².